The van der Waals surface area contributed by atoms with Crippen molar-refractivity contribution in [2.24, 2.45) is 5.92 Å². The fraction of sp³-hybridized carbons (Fsp3) is 0.267. The lowest BCUT2D eigenvalue weighted by Crippen LogP contribution is -1.93. The Bertz CT molecular complexity index is 429. The number of rotatable bonds is 3. The monoisotopic (exact) mass is 211 g/mol. The number of hydrogen-bond donors (Lipinski definition) is 0. The van der Waals surface area contributed by atoms with Crippen molar-refractivity contribution in [2.45, 2.75) is 20.3 Å². The third-order valence-corrected chi connectivity index (χ3v) is 2.56. The Hall–Kier alpha value is -1.63. The molecule has 0 bridgehead atoms. The van der Waals surface area contributed by atoms with Gasteiger partial charge in [0, 0.05) is 11.8 Å². The molecule has 1 aromatic carbocycles. The van der Waals surface area contributed by atoms with Crippen LogP contribution in [0.3, 0.4) is 0 Å². The molecule has 0 atom stereocenters. The van der Waals surface area contributed by atoms with Crippen molar-refractivity contribution in [1.29, 1.82) is 0 Å². The first-order valence-electron chi connectivity index (χ1n) is 5.76. The van der Waals surface area contributed by atoms with Gasteiger partial charge in [-0.05, 0) is 30.0 Å². The Kier molecular flexibility index (Phi) is 3.35. The van der Waals surface area contributed by atoms with Crippen LogP contribution >= 0.6 is 0 Å². The van der Waals surface area contributed by atoms with E-state index in [2.05, 4.69) is 43.1 Å². The highest BCUT2D eigenvalue weighted by molar-refractivity contribution is 5.58. The van der Waals surface area contributed by atoms with Gasteiger partial charge in [0.15, 0.2) is 0 Å². The van der Waals surface area contributed by atoms with Crippen molar-refractivity contribution >= 4 is 0 Å². The lowest BCUT2D eigenvalue weighted by molar-refractivity contribution is 0.647. The third kappa shape index (κ3) is 2.69. The largest absolute Gasteiger partial charge is 0.256 e. The summed E-state index contributed by atoms with van der Waals surface area (Å²) in [5.74, 6) is 0.709. The van der Waals surface area contributed by atoms with Gasteiger partial charge in [0.25, 0.3) is 0 Å². The minimum absolute atomic E-state index is 0.709. The molecular formula is C15H17N. The molecule has 1 heterocycles. The molecule has 82 valence electrons. The predicted octanol–water partition coefficient (Wildman–Crippen LogP) is 3.95. The van der Waals surface area contributed by atoms with Crippen molar-refractivity contribution < 1.29 is 0 Å². The second kappa shape index (κ2) is 4.93. The SMILES string of the molecule is CC(C)Cc1ccc(-c2ccccn2)cc1. The second-order valence-corrected chi connectivity index (χ2v) is 4.51. The lowest BCUT2D eigenvalue weighted by atomic mass is 10.0. The van der Waals surface area contributed by atoms with Gasteiger partial charge in [0.1, 0.15) is 0 Å². The zero-order chi connectivity index (χ0) is 11.4. The highest BCUT2D eigenvalue weighted by Crippen LogP contribution is 2.18. The van der Waals surface area contributed by atoms with Crippen molar-refractivity contribution in [3.63, 3.8) is 0 Å². The van der Waals surface area contributed by atoms with Crippen LogP contribution in [0.5, 0.6) is 0 Å². The van der Waals surface area contributed by atoms with E-state index in [0.29, 0.717) is 5.92 Å². The Labute approximate surface area is 97.2 Å². The normalized spacial score (nSPS) is 10.7. The Morgan fingerprint density at radius 1 is 1.00 bits per heavy atom. The molecule has 1 heteroatoms. The highest BCUT2D eigenvalue weighted by atomic mass is 14.7. The van der Waals surface area contributed by atoms with Crippen molar-refractivity contribution in [3.8, 4) is 11.3 Å². The molecule has 0 N–H and O–H groups in total. The standard InChI is InChI=1S/C15H17N/c1-12(2)11-13-6-8-14(9-7-13)15-5-3-4-10-16-15/h3-10,12H,11H2,1-2H3. The van der Waals surface area contributed by atoms with Crippen LogP contribution in [0.2, 0.25) is 0 Å². The molecule has 0 saturated carbocycles. The van der Waals surface area contributed by atoms with Gasteiger partial charge in [-0.25, -0.2) is 0 Å². The van der Waals surface area contributed by atoms with Crippen molar-refractivity contribution in [3.05, 3.63) is 54.2 Å². The zero-order valence-electron chi connectivity index (χ0n) is 9.85. The van der Waals surface area contributed by atoms with Crippen LogP contribution in [0.25, 0.3) is 11.3 Å². The number of pyridine rings is 1. The van der Waals surface area contributed by atoms with E-state index in [4.69, 9.17) is 0 Å². The first-order valence-corrected chi connectivity index (χ1v) is 5.76. The molecule has 0 aliphatic carbocycles. The van der Waals surface area contributed by atoms with Gasteiger partial charge >= 0.3 is 0 Å². The van der Waals surface area contributed by atoms with E-state index in [1.165, 1.54) is 11.1 Å². The van der Waals surface area contributed by atoms with Crippen LogP contribution in [0.15, 0.2) is 48.7 Å². The second-order valence-electron chi connectivity index (χ2n) is 4.51. The fourth-order valence-electron chi connectivity index (χ4n) is 1.82. The first kappa shape index (κ1) is 10.9. The molecule has 0 fully saturated rings. The maximum Gasteiger partial charge on any atom is 0.0701 e. The summed E-state index contributed by atoms with van der Waals surface area (Å²) >= 11 is 0. The molecule has 0 aliphatic rings. The number of benzene rings is 1. The molecule has 0 radical (unpaired) electrons. The Balaban J connectivity index is 2.20. The molecule has 0 spiro atoms. The smallest absolute Gasteiger partial charge is 0.0701 e. The van der Waals surface area contributed by atoms with Gasteiger partial charge in [-0.15, -0.1) is 0 Å². The minimum Gasteiger partial charge on any atom is -0.256 e. The van der Waals surface area contributed by atoms with E-state index >= 15 is 0 Å². The van der Waals surface area contributed by atoms with E-state index in [0.717, 1.165) is 12.1 Å². The topological polar surface area (TPSA) is 12.9 Å². The van der Waals surface area contributed by atoms with E-state index in [1.807, 2.05) is 24.4 Å². The van der Waals surface area contributed by atoms with Gasteiger partial charge in [-0.2, -0.15) is 0 Å². The molecule has 0 saturated heterocycles. The maximum atomic E-state index is 4.34. The van der Waals surface area contributed by atoms with Crippen LogP contribution in [-0.2, 0) is 6.42 Å². The Morgan fingerprint density at radius 2 is 1.75 bits per heavy atom. The summed E-state index contributed by atoms with van der Waals surface area (Å²) in [7, 11) is 0. The van der Waals surface area contributed by atoms with Gasteiger partial charge in [-0.1, -0.05) is 44.2 Å². The van der Waals surface area contributed by atoms with Crippen LogP contribution in [-0.4, -0.2) is 4.98 Å². The highest BCUT2D eigenvalue weighted by Gasteiger charge is 2.00. The van der Waals surface area contributed by atoms with Crippen molar-refractivity contribution in [2.75, 3.05) is 0 Å². The lowest BCUT2D eigenvalue weighted by Gasteiger charge is -2.06. The van der Waals surface area contributed by atoms with E-state index < -0.39 is 0 Å². The average molecular weight is 211 g/mol. The minimum atomic E-state index is 0.709. The van der Waals surface area contributed by atoms with Gasteiger partial charge in [0.05, 0.1) is 5.69 Å². The summed E-state index contributed by atoms with van der Waals surface area (Å²) in [6.45, 7) is 4.49. The molecular weight excluding hydrogens is 194 g/mol. The summed E-state index contributed by atoms with van der Waals surface area (Å²) < 4.78 is 0. The molecule has 0 amide bonds. The molecule has 2 aromatic rings. The van der Waals surface area contributed by atoms with Crippen LogP contribution in [0, 0.1) is 5.92 Å². The van der Waals surface area contributed by atoms with E-state index in [9.17, 15) is 0 Å². The molecule has 2 rings (SSSR count). The molecule has 16 heavy (non-hydrogen) atoms. The van der Waals surface area contributed by atoms with Gasteiger partial charge < -0.3 is 0 Å². The predicted molar refractivity (Wildman–Crippen MR) is 68.2 cm³/mol. The number of hydrogen-bond acceptors (Lipinski definition) is 1. The van der Waals surface area contributed by atoms with Crippen molar-refractivity contribution in [1.82, 2.24) is 4.98 Å². The van der Waals surface area contributed by atoms with Crippen LogP contribution in [0.1, 0.15) is 19.4 Å². The van der Waals surface area contributed by atoms with Gasteiger partial charge in [0.2, 0.25) is 0 Å². The molecule has 0 aliphatic heterocycles. The molecule has 0 unspecified atom stereocenters. The maximum absolute atomic E-state index is 4.34. The average Bonchev–Trinajstić information content (AvgIpc) is 2.30. The number of aromatic nitrogens is 1. The summed E-state index contributed by atoms with van der Waals surface area (Å²) in [5, 5.41) is 0. The summed E-state index contributed by atoms with van der Waals surface area (Å²) in [6, 6.07) is 14.7. The zero-order valence-corrected chi connectivity index (χ0v) is 9.85. The molecule has 1 nitrogen and oxygen atoms in total. The summed E-state index contributed by atoms with van der Waals surface area (Å²) in [5.41, 5.74) is 3.63. The molecule has 1 aromatic heterocycles. The summed E-state index contributed by atoms with van der Waals surface area (Å²) in [4.78, 5) is 4.34. The fourth-order valence-corrected chi connectivity index (χ4v) is 1.82. The quantitative estimate of drug-likeness (QED) is 0.749. The third-order valence-electron chi connectivity index (χ3n) is 2.56. The van der Waals surface area contributed by atoms with Crippen LogP contribution in [0.4, 0.5) is 0 Å². The Morgan fingerprint density at radius 3 is 2.31 bits per heavy atom. The first-order chi connectivity index (χ1) is 7.75. The van der Waals surface area contributed by atoms with E-state index in [-0.39, 0.29) is 0 Å². The van der Waals surface area contributed by atoms with Crippen LogP contribution < -0.4 is 0 Å². The summed E-state index contributed by atoms with van der Waals surface area (Å²) in [6.07, 6.45) is 2.97. The number of nitrogens with zero attached hydrogens (tertiary/aromatic N) is 1. The van der Waals surface area contributed by atoms with Gasteiger partial charge in [-0.3, -0.25) is 4.98 Å². The van der Waals surface area contributed by atoms with E-state index in [1.54, 1.807) is 0 Å².